The molecule has 9 heteroatoms. The zero-order valence-electron chi connectivity index (χ0n) is 12.9. The van der Waals surface area contributed by atoms with Crippen molar-refractivity contribution in [1.82, 2.24) is 25.5 Å². The topological polar surface area (TPSA) is 81.9 Å². The van der Waals surface area contributed by atoms with Crippen molar-refractivity contribution in [2.45, 2.75) is 6.54 Å². The summed E-state index contributed by atoms with van der Waals surface area (Å²) in [7, 11) is 0. The van der Waals surface area contributed by atoms with E-state index in [1.165, 1.54) is 4.68 Å². The van der Waals surface area contributed by atoms with Crippen molar-refractivity contribution in [2.75, 3.05) is 6.61 Å². The number of tetrazole rings is 1. The lowest BCUT2D eigenvalue weighted by Gasteiger charge is -2.08. The molecular formula is C16H13F2N5O2. The molecule has 0 fully saturated rings. The van der Waals surface area contributed by atoms with Crippen LogP contribution in [0.25, 0.3) is 5.69 Å². The Morgan fingerprint density at radius 1 is 1.16 bits per heavy atom. The number of benzene rings is 2. The minimum absolute atomic E-state index is 0.0655. The average Bonchev–Trinajstić information content (AvgIpc) is 3.08. The Bertz CT molecular complexity index is 870. The number of amides is 1. The first-order valence-corrected chi connectivity index (χ1v) is 7.31. The zero-order chi connectivity index (χ0) is 17.6. The van der Waals surface area contributed by atoms with Gasteiger partial charge in [-0.2, -0.15) is 4.68 Å². The molecule has 0 aliphatic rings. The van der Waals surface area contributed by atoms with E-state index in [9.17, 15) is 13.6 Å². The van der Waals surface area contributed by atoms with Crippen molar-refractivity contribution >= 4 is 5.91 Å². The molecule has 2 aromatic carbocycles. The van der Waals surface area contributed by atoms with Gasteiger partial charge in [0.05, 0.1) is 12.2 Å². The van der Waals surface area contributed by atoms with E-state index in [1.807, 2.05) is 30.3 Å². The Hall–Kier alpha value is -3.36. The van der Waals surface area contributed by atoms with Crippen LogP contribution in [0.15, 0.2) is 48.5 Å². The van der Waals surface area contributed by atoms with Gasteiger partial charge in [0.15, 0.2) is 24.0 Å². The van der Waals surface area contributed by atoms with Gasteiger partial charge in [-0.3, -0.25) is 4.79 Å². The van der Waals surface area contributed by atoms with Crippen molar-refractivity contribution in [3.63, 3.8) is 0 Å². The smallest absolute Gasteiger partial charge is 0.258 e. The van der Waals surface area contributed by atoms with Crippen molar-refractivity contribution in [3.05, 3.63) is 66.0 Å². The molecule has 1 heterocycles. The van der Waals surface area contributed by atoms with Gasteiger partial charge >= 0.3 is 0 Å². The third-order valence-electron chi connectivity index (χ3n) is 3.23. The maximum atomic E-state index is 13.4. The Morgan fingerprint density at radius 2 is 1.96 bits per heavy atom. The quantitative estimate of drug-likeness (QED) is 0.734. The van der Waals surface area contributed by atoms with Crippen molar-refractivity contribution < 1.29 is 18.3 Å². The van der Waals surface area contributed by atoms with Gasteiger partial charge < -0.3 is 10.1 Å². The average molecular weight is 345 g/mol. The number of aromatic nitrogens is 4. The van der Waals surface area contributed by atoms with Crippen LogP contribution >= 0.6 is 0 Å². The number of nitrogens with zero attached hydrogens (tertiary/aromatic N) is 4. The molecule has 0 aliphatic heterocycles. The number of nitrogens with one attached hydrogen (secondary N) is 1. The molecule has 0 atom stereocenters. The summed E-state index contributed by atoms with van der Waals surface area (Å²) < 4.78 is 32.7. The van der Waals surface area contributed by atoms with E-state index in [1.54, 1.807) is 0 Å². The van der Waals surface area contributed by atoms with Crippen LogP contribution in [0.3, 0.4) is 0 Å². The SMILES string of the molecule is O=C(COc1ccc(F)cc1F)NCc1nnnn1-c1ccccc1. The molecule has 3 rings (SSSR count). The van der Waals surface area contributed by atoms with E-state index in [2.05, 4.69) is 20.8 Å². The zero-order valence-corrected chi connectivity index (χ0v) is 12.9. The van der Waals surface area contributed by atoms with Crippen molar-refractivity contribution in [2.24, 2.45) is 0 Å². The summed E-state index contributed by atoms with van der Waals surface area (Å²) in [6, 6.07) is 12.0. The Labute approximate surface area is 141 Å². The lowest BCUT2D eigenvalue weighted by Crippen LogP contribution is -2.29. The van der Waals surface area contributed by atoms with Gasteiger partial charge in [0.1, 0.15) is 5.82 Å². The number of hydrogen-bond donors (Lipinski definition) is 1. The number of halogens is 2. The van der Waals surface area contributed by atoms with Crippen LogP contribution in [-0.4, -0.2) is 32.7 Å². The molecule has 128 valence electrons. The summed E-state index contributed by atoms with van der Waals surface area (Å²) >= 11 is 0. The summed E-state index contributed by atoms with van der Waals surface area (Å²) in [4.78, 5) is 11.8. The van der Waals surface area contributed by atoms with Crippen LogP contribution in [0.2, 0.25) is 0 Å². The Balaban J connectivity index is 1.56. The minimum atomic E-state index is -0.874. The number of carbonyl (C=O) groups excluding carboxylic acids is 1. The number of ether oxygens (including phenoxy) is 1. The molecule has 0 aliphatic carbocycles. The predicted octanol–water partition coefficient (Wildman–Crippen LogP) is 1.64. The first-order valence-electron chi connectivity index (χ1n) is 7.31. The first kappa shape index (κ1) is 16.5. The van der Waals surface area contributed by atoms with E-state index in [-0.39, 0.29) is 12.3 Å². The second kappa shape index (κ2) is 7.47. The predicted molar refractivity (Wildman–Crippen MR) is 82.9 cm³/mol. The molecule has 1 N–H and O–H groups in total. The highest BCUT2D eigenvalue weighted by Crippen LogP contribution is 2.17. The summed E-state index contributed by atoms with van der Waals surface area (Å²) in [5.41, 5.74) is 0.751. The number of carbonyl (C=O) groups is 1. The maximum Gasteiger partial charge on any atom is 0.258 e. The lowest BCUT2D eigenvalue weighted by molar-refractivity contribution is -0.123. The van der Waals surface area contributed by atoms with Gasteiger partial charge in [-0.15, -0.1) is 5.10 Å². The van der Waals surface area contributed by atoms with Gasteiger partial charge in [0.25, 0.3) is 5.91 Å². The van der Waals surface area contributed by atoms with Gasteiger partial charge in [0, 0.05) is 6.07 Å². The Kier molecular flexibility index (Phi) is 4.93. The fraction of sp³-hybridized carbons (Fsp3) is 0.125. The summed E-state index contributed by atoms with van der Waals surface area (Å²) in [5.74, 6) is -1.87. The van der Waals surface area contributed by atoms with E-state index in [0.29, 0.717) is 11.9 Å². The van der Waals surface area contributed by atoms with Gasteiger partial charge in [0.2, 0.25) is 0 Å². The molecule has 0 saturated carbocycles. The third kappa shape index (κ3) is 4.14. The molecule has 0 unspecified atom stereocenters. The van der Waals surface area contributed by atoms with Crippen LogP contribution in [0.1, 0.15) is 5.82 Å². The molecule has 0 spiro atoms. The molecule has 7 nitrogen and oxygen atoms in total. The molecule has 3 aromatic rings. The van der Waals surface area contributed by atoms with Crippen LogP contribution in [0, 0.1) is 11.6 Å². The monoisotopic (exact) mass is 345 g/mol. The van der Waals surface area contributed by atoms with Crippen LogP contribution in [0.4, 0.5) is 8.78 Å². The molecule has 0 saturated heterocycles. The highest BCUT2D eigenvalue weighted by Gasteiger charge is 2.11. The number of rotatable bonds is 6. The molecule has 0 bridgehead atoms. The number of para-hydroxylation sites is 1. The molecule has 0 radical (unpaired) electrons. The second-order valence-corrected chi connectivity index (χ2v) is 4.98. The minimum Gasteiger partial charge on any atom is -0.481 e. The maximum absolute atomic E-state index is 13.4. The third-order valence-corrected chi connectivity index (χ3v) is 3.23. The summed E-state index contributed by atoms with van der Waals surface area (Å²) in [6.07, 6.45) is 0. The number of hydrogen-bond acceptors (Lipinski definition) is 5. The molecule has 25 heavy (non-hydrogen) atoms. The summed E-state index contributed by atoms with van der Waals surface area (Å²) in [5, 5.41) is 13.9. The standard InChI is InChI=1S/C16H13F2N5O2/c17-11-6-7-14(13(18)8-11)25-10-16(24)19-9-15-20-21-22-23(15)12-4-2-1-3-5-12/h1-8H,9-10H2,(H,19,24). The fourth-order valence-electron chi connectivity index (χ4n) is 2.05. The highest BCUT2D eigenvalue weighted by atomic mass is 19.1. The van der Waals surface area contributed by atoms with Gasteiger partial charge in [-0.1, -0.05) is 18.2 Å². The normalized spacial score (nSPS) is 10.5. The second-order valence-electron chi connectivity index (χ2n) is 4.98. The highest BCUT2D eigenvalue weighted by molar-refractivity contribution is 5.77. The first-order chi connectivity index (χ1) is 12.1. The molecular weight excluding hydrogens is 332 g/mol. The van der Waals surface area contributed by atoms with Crippen LogP contribution in [0.5, 0.6) is 5.75 Å². The summed E-state index contributed by atoms with van der Waals surface area (Å²) in [6.45, 7) is -0.356. The van der Waals surface area contributed by atoms with Crippen LogP contribution in [-0.2, 0) is 11.3 Å². The van der Waals surface area contributed by atoms with Crippen molar-refractivity contribution in [1.29, 1.82) is 0 Å². The Morgan fingerprint density at radius 3 is 2.72 bits per heavy atom. The van der Waals surface area contributed by atoms with E-state index < -0.39 is 24.1 Å². The largest absolute Gasteiger partial charge is 0.481 e. The van der Waals surface area contributed by atoms with E-state index in [4.69, 9.17) is 4.74 Å². The lowest BCUT2D eigenvalue weighted by atomic mass is 10.3. The van der Waals surface area contributed by atoms with Crippen LogP contribution < -0.4 is 10.1 Å². The van der Waals surface area contributed by atoms with Gasteiger partial charge in [-0.25, -0.2) is 8.78 Å². The van der Waals surface area contributed by atoms with Gasteiger partial charge in [-0.05, 0) is 34.7 Å². The molecule has 1 amide bonds. The van der Waals surface area contributed by atoms with Crippen molar-refractivity contribution in [3.8, 4) is 11.4 Å². The van der Waals surface area contributed by atoms with E-state index in [0.717, 1.165) is 17.8 Å². The van der Waals surface area contributed by atoms with E-state index >= 15 is 0 Å². The fourth-order valence-corrected chi connectivity index (χ4v) is 2.05. The molecule has 1 aromatic heterocycles.